The number of aryl methyl sites for hydroxylation is 1. The van der Waals surface area contributed by atoms with Crippen molar-refractivity contribution in [3.05, 3.63) is 77.4 Å². The zero-order valence-corrected chi connectivity index (χ0v) is 14.9. The molecular formula is C20H19FN4O2. The Morgan fingerprint density at radius 2 is 1.93 bits per heavy atom. The number of nitrogens with zero attached hydrogens (tertiary/aromatic N) is 2. The Hall–Kier alpha value is -3.61. The van der Waals surface area contributed by atoms with Gasteiger partial charge in [-0.05, 0) is 49.4 Å². The number of benzene rings is 2. The highest BCUT2D eigenvalue weighted by molar-refractivity contribution is 6.03. The van der Waals surface area contributed by atoms with Crippen LogP contribution in [-0.4, -0.2) is 23.7 Å². The van der Waals surface area contributed by atoms with E-state index in [4.69, 9.17) is 10.5 Å². The first-order valence-electron chi connectivity index (χ1n) is 8.25. The van der Waals surface area contributed by atoms with Gasteiger partial charge in [0.05, 0.1) is 0 Å². The van der Waals surface area contributed by atoms with Gasteiger partial charge in [-0.25, -0.2) is 4.39 Å². The minimum atomic E-state index is -0.434. The summed E-state index contributed by atoms with van der Waals surface area (Å²) in [5.74, 6) is 0.399. The van der Waals surface area contributed by atoms with Gasteiger partial charge in [0.25, 0.3) is 0 Å². The average Bonchev–Trinajstić information content (AvgIpc) is 3.01. The molecule has 0 bridgehead atoms. The molecule has 1 aromatic heterocycles. The predicted molar refractivity (Wildman–Crippen MR) is 102 cm³/mol. The minimum Gasteiger partial charge on any atom is -0.454 e. The number of hydrogen-bond acceptors (Lipinski definition) is 4. The first-order chi connectivity index (χ1) is 13.0. The molecule has 0 amide bonds. The summed E-state index contributed by atoms with van der Waals surface area (Å²) in [5.41, 5.74) is 11.2. The second-order valence-electron chi connectivity index (χ2n) is 5.79. The van der Waals surface area contributed by atoms with E-state index in [0.29, 0.717) is 17.0 Å². The third kappa shape index (κ3) is 3.67. The number of nitrogens with one attached hydrogen (secondary N) is 1. The molecule has 0 unspecified atom stereocenters. The predicted octanol–water partition coefficient (Wildman–Crippen LogP) is 3.37. The molecule has 0 saturated carbocycles. The Bertz CT molecular complexity index is 994. The maximum atomic E-state index is 13.7. The quantitative estimate of drug-likeness (QED) is 0.303. The van der Waals surface area contributed by atoms with E-state index in [-0.39, 0.29) is 11.6 Å². The third-order valence-corrected chi connectivity index (χ3v) is 3.98. The van der Waals surface area contributed by atoms with Crippen LogP contribution in [0.15, 0.2) is 59.7 Å². The van der Waals surface area contributed by atoms with Crippen molar-refractivity contribution in [2.24, 2.45) is 10.8 Å². The van der Waals surface area contributed by atoms with Gasteiger partial charge in [-0.15, -0.1) is 0 Å². The van der Waals surface area contributed by atoms with Crippen LogP contribution in [-0.2, 0) is 0 Å². The topological polar surface area (TPSA) is 81.6 Å². The van der Waals surface area contributed by atoms with E-state index in [9.17, 15) is 9.18 Å². The lowest BCUT2D eigenvalue weighted by Gasteiger charge is -2.13. The van der Waals surface area contributed by atoms with Crippen molar-refractivity contribution in [2.75, 3.05) is 7.05 Å². The summed E-state index contributed by atoms with van der Waals surface area (Å²) in [4.78, 5) is 11.4. The summed E-state index contributed by atoms with van der Waals surface area (Å²) in [6, 6.07) is 15.0. The van der Waals surface area contributed by atoms with E-state index >= 15 is 0 Å². The second kappa shape index (κ2) is 7.74. The van der Waals surface area contributed by atoms with Crippen molar-refractivity contribution in [3.63, 3.8) is 0 Å². The average molecular weight is 366 g/mol. The second-order valence-corrected chi connectivity index (χ2v) is 5.79. The molecule has 3 N–H and O–H groups in total. The van der Waals surface area contributed by atoms with Gasteiger partial charge in [-0.1, -0.05) is 12.1 Å². The Morgan fingerprint density at radius 1 is 1.22 bits per heavy atom. The first-order valence-corrected chi connectivity index (χ1v) is 8.25. The van der Waals surface area contributed by atoms with Gasteiger partial charge >= 0.3 is 0 Å². The molecule has 0 saturated heterocycles. The molecule has 6 nitrogen and oxygen atoms in total. The number of carbonyl (C=O) groups is 1. The van der Waals surface area contributed by atoms with Crippen molar-refractivity contribution in [1.82, 2.24) is 9.99 Å². The lowest BCUT2D eigenvalue weighted by atomic mass is 10.2. The molecule has 0 atom stereocenters. The van der Waals surface area contributed by atoms with Crippen LogP contribution in [0.1, 0.15) is 21.7 Å². The Balaban J connectivity index is 1.98. The molecule has 0 spiro atoms. The molecule has 7 heteroatoms. The van der Waals surface area contributed by atoms with Crippen LogP contribution in [0.2, 0.25) is 0 Å². The van der Waals surface area contributed by atoms with Crippen molar-refractivity contribution in [3.8, 4) is 17.2 Å². The van der Waals surface area contributed by atoms with Gasteiger partial charge in [0.15, 0.2) is 23.7 Å². The van der Waals surface area contributed by atoms with Crippen LogP contribution < -0.4 is 15.9 Å². The standard InChI is InChI=1S/C20H19FN4O2/c1-13-11-14(12-26)19(20(22)24-23-2)25(13)15-7-9-16(10-8-15)27-18-6-4-3-5-17(18)21/h3-12,23H,1-2H3,(H2,22,24). The van der Waals surface area contributed by atoms with Gasteiger partial charge in [0.2, 0.25) is 0 Å². The number of halogens is 1. The number of carbonyl (C=O) groups excluding carboxylic acids is 1. The van der Waals surface area contributed by atoms with E-state index in [1.165, 1.54) is 6.07 Å². The van der Waals surface area contributed by atoms with Crippen LogP contribution in [0, 0.1) is 12.7 Å². The first kappa shape index (κ1) is 18.2. The van der Waals surface area contributed by atoms with E-state index in [1.807, 2.05) is 11.5 Å². The molecule has 3 rings (SSSR count). The van der Waals surface area contributed by atoms with Gasteiger partial charge in [-0.2, -0.15) is 5.10 Å². The number of hydrazone groups is 1. The number of aromatic nitrogens is 1. The van der Waals surface area contributed by atoms with Crippen LogP contribution in [0.3, 0.4) is 0 Å². The van der Waals surface area contributed by atoms with E-state index in [2.05, 4.69) is 10.5 Å². The lowest BCUT2D eigenvalue weighted by Crippen LogP contribution is -2.22. The molecule has 2 aromatic carbocycles. The van der Waals surface area contributed by atoms with Crippen LogP contribution in [0.5, 0.6) is 11.5 Å². The fourth-order valence-electron chi connectivity index (χ4n) is 2.84. The number of para-hydroxylation sites is 1. The molecule has 1 heterocycles. The molecule has 0 aliphatic rings. The smallest absolute Gasteiger partial charge is 0.168 e. The monoisotopic (exact) mass is 366 g/mol. The van der Waals surface area contributed by atoms with Gasteiger partial charge in [-0.3, -0.25) is 4.79 Å². The van der Waals surface area contributed by atoms with E-state index < -0.39 is 5.82 Å². The van der Waals surface area contributed by atoms with Crippen molar-refractivity contribution in [2.45, 2.75) is 6.92 Å². The highest BCUT2D eigenvalue weighted by atomic mass is 19.1. The van der Waals surface area contributed by atoms with E-state index in [1.54, 1.807) is 55.6 Å². The fourth-order valence-corrected chi connectivity index (χ4v) is 2.84. The molecule has 3 aromatic rings. The number of ether oxygens (including phenoxy) is 1. The Labute approximate surface area is 156 Å². The third-order valence-electron chi connectivity index (χ3n) is 3.98. The molecule has 0 radical (unpaired) electrons. The summed E-state index contributed by atoms with van der Waals surface area (Å²) in [5, 5.41) is 3.98. The number of hydrogen-bond donors (Lipinski definition) is 2. The number of rotatable bonds is 6. The lowest BCUT2D eigenvalue weighted by molar-refractivity contribution is 0.112. The summed E-state index contributed by atoms with van der Waals surface area (Å²) < 4.78 is 21.1. The maximum Gasteiger partial charge on any atom is 0.168 e. The summed E-state index contributed by atoms with van der Waals surface area (Å²) in [7, 11) is 1.63. The van der Waals surface area contributed by atoms with Crippen LogP contribution >= 0.6 is 0 Å². The van der Waals surface area contributed by atoms with Crippen LogP contribution in [0.25, 0.3) is 5.69 Å². The fraction of sp³-hybridized carbons (Fsp3) is 0.100. The Kier molecular flexibility index (Phi) is 5.21. The molecule has 0 aliphatic carbocycles. The number of amidine groups is 1. The van der Waals surface area contributed by atoms with Gasteiger partial charge in [0, 0.05) is 24.0 Å². The Morgan fingerprint density at radius 3 is 2.56 bits per heavy atom. The largest absolute Gasteiger partial charge is 0.454 e. The normalized spacial score (nSPS) is 11.3. The van der Waals surface area contributed by atoms with Crippen molar-refractivity contribution >= 4 is 12.1 Å². The van der Waals surface area contributed by atoms with Crippen molar-refractivity contribution < 1.29 is 13.9 Å². The van der Waals surface area contributed by atoms with Crippen LogP contribution in [0.4, 0.5) is 4.39 Å². The highest BCUT2D eigenvalue weighted by Crippen LogP contribution is 2.27. The number of aldehydes is 1. The van der Waals surface area contributed by atoms with E-state index in [0.717, 1.165) is 17.7 Å². The van der Waals surface area contributed by atoms with Gasteiger partial charge in [0.1, 0.15) is 11.4 Å². The zero-order valence-electron chi connectivity index (χ0n) is 14.9. The SMILES string of the molecule is CN/N=C(/N)c1c(C=O)cc(C)n1-c1ccc(Oc2ccccc2F)cc1. The molecular weight excluding hydrogens is 347 g/mol. The molecule has 27 heavy (non-hydrogen) atoms. The highest BCUT2D eigenvalue weighted by Gasteiger charge is 2.17. The maximum absolute atomic E-state index is 13.7. The molecule has 0 fully saturated rings. The van der Waals surface area contributed by atoms with Crippen molar-refractivity contribution in [1.29, 1.82) is 0 Å². The summed E-state index contributed by atoms with van der Waals surface area (Å²) in [6.45, 7) is 1.87. The minimum absolute atomic E-state index is 0.150. The zero-order chi connectivity index (χ0) is 19.4. The molecule has 0 aliphatic heterocycles. The summed E-state index contributed by atoms with van der Waals surface area (Å²) in [6.07, 6.45) is 0.743. The molecule has 138 valence electrons. The van der Waals surface area contributed by atoms with Gasteiger partial charge < -0.3 is 20.5 Å². The number of nitrogens with two attached hydrogens (primary N) is 1. The summed E-state index contributed by atoms with van der Waals surface area (Å²) >= 11 is 0.